The average Bonchev–Trinajstić information content (AvgIpc) is 2.39. The minimum absolute atomic E-state index is 0.630. The van der Waals surface area contributed by atoms with Gasteiger partial charge in [-0.05, 0) is 26.0 Å². The Morgan fingerprint density at radius 2 is 1.88 bits per heavy atom. The van der Waals surface area contributed by atoms with Crippen LogP contribution >= 0.6 is 11.8 Å². The summed E-state index contributed by atoms with van der Waals surface area (Å²) in [6.07, 6.45) is 0. The molecule has 0 spiro atoms. The van der Waals surface area contributed by atoms with Gasteiger partial charge >= 0.3 is 0 Å². The Morgan fingerprint density at radius 1 is 1.24 bits per heavy atom. The molecular weight excluding hydrogens is 230 g/mol. The van der Waals surface area contributed by atoms with Gasteiger partial charge in [-0.2, -0.15) is 0 Å². The van der Waals surface area contributed by atoms with Crippen LogP contribution in [0.5, 0.6) is 0 Å². The predicted octanol–water partition coefficient (Wildman–Crippen LogP) is 2.81. The van der Waals surface area contributed by atoms with Crippen LogP contribution in [0, 0.1) is 6.92 Å². The highest BCUT2D eigenvalue weighted by Crippen LogP contribution is 2.21. The summed E-state index contributed by atoms with van der Waals surface area (Å²) in [5.41, 5.74) is 1.33. The van der Waals surface area contributed by atoms with Gasteiger partial charge in [0.25, 0.3) is 0 Å². The smallest absolute Gasteiger partial charge is 0.0594 e. The lowest BCUT2D eigenvalue weighted by Crippen LogP contribution is -2.43. The standard InChI is InChI=1S/C14H21NOS/c1-12-3-5-14(6-4-12)17-11-13(2)15-7-9-16-10-8-15/h3-6,13H,7-11H2,1-2H3. The van der Waals surface area contributed by atoms with Crippen LogP contribution in [0.2, 0.25) is 0 Å². The minimum atomic E-state index is 0.630. The van der Waals surface area contributed by atoms with Crippen molar-refractivity contribution < 1.29 is 4.74 Å². The van der Waals surface area contributed by atoms with Gasteiger partial charge in [0.1, 0.15) is 0 Å². The first-order chi connectivity index (χ1) is 8.25. The summed E-state index contributed by atoms with van der Waals surface area (Å²) in [6, 6.07) is 9.42. The van der Waals surface area contributed by atoms with Crippen molar-refractivity contribution in [3.63, 3.8) is 0 Å². The molecule has 1 aliphatic rings. The Bertz CT molecular complexity index is 333. The van der Waals surface area contributed by atoms with Crippen molar-refractivity contribution >= 4 is 11.8 Å². The molecule has 0 amide bonds. The number of rotatable bonds is 4. The third-order valence-corrected chi connectivity index (χ3v) is 4.44. The molecule has 3 heteroatoms. The van der Waals surface area contributed by atoms with Crippen LogP contribution in [0.1, 0.15) is 12.5 Å². The molecular formula is C14H21NOS. The van der Waals surface area contributed by atoms with Crippen molar-refractivity contribution in [3.05, 3.63) is 29.8 Å². The summed E-state index contributed by atoms with van der Waals surface area (Å²) in [5, 5.41) is 0. The fourth-order valence-electron chi connectivity index (χ4n) is 1.97. The number of nitrogens with zero attached hydrogens (tertiary/aromatic N) is 1. The quantitative estimate of drug-likeness (QED) is 0.764. The Kier molecular flexibility index (Phi) is 4.89. The molecule has 0 aliphatic carbocycles. The molecule has 0 bridgehead atoms. The van der Waals surface area contributed by atoms with E-state index >= 15 is 0 Å². The molecule has 0 N–H and O–H groups in total. The molecule has 1 unspecified atom stereocenters. The molecule has 1 heterocycles. The minimum Gasteiger partial charge on any atom is -0.379 e. The highest BCUT2D eigenvalue weighted by atomic mass is 32.2. The van der Waals surface area contributed by atoms with E-state index in [4.69, 9.17) is 4.74 Å². The van der Waals surface area contributed by atoms with Crippen LogP contribution in [0.3, 0.4) is 0 Å². The second-order valence-corrected chi connectivity index (χ2v) is 5.71. The van der Waals surface area contributed by atoms with Gasteiger partial charge in [0.05, 0.1) is 13.2 Å². The van der Waals surface area contributed by atoms with Gasteiger partial charge in [0.2, 0.25) is 0 Å². The lowest BCUT2D eigenvalue weighted by atomic mass is 10.2. The Hall–Kier alpha value is -0.510. The first-order valence-electron chi connectivity index (χ1n) is 6.27. The molecule has 1 aromatic rings. The number of hydrogen-bond acceptors (Lipinski definition) is 3. The fraction of sp³-hybridized carbons (Fsp3) is 0.571. The molecule has 0 saturated carbocycles. The molecule has 2 rings (SSSR count). The van der Waals surface area contributed by atoms with Crippen molar-refractivity contribution in [2.24, 2.45) is 0 Å². The predicted molar refractivity (Wildman–Crippen MR) is 73.8 cm³/mol. The molecule has 0 radical (unpaired) electrons. The van der Waals surface area contributed by atoms with Gasteiger partial charge < -0.3 is 4.74 Å². The largest absolute Gasteiger partial charge is 0.379 e. The maximum absolute atomic E-state index is 5.38. The topological polar surface area (TPSA) is 12.5 Å². The van der Waals surface area contributed by atoms with E-state index in [0.29, 0.717) is 6.04 Å². The Balaban J connectivity index is 1.78. The molecule has 1 fully saturated rings. The van der Waals surface area contributed by atoms with Crippen molar-refractivity contribution in [1.82, 2.24) is 4.90 Å². The second kappa shape index (κ2) is 6.43. The van der Waals surface area contributed by atoms with Crippen molar-refractivity contribution in [2.75, 3.05) is 32.1 Å². The van der Waals surface area contributed by atoms with Crippen LogP contribution in [0.25, 0.3) is 0 Å². The number of ether oxygens (including phenoxy) is 1. The first kappa shape index (κ1) is 12.9. The SMILES string of the molecule is Cc1ccc(SCC(C)N2CCOCC2)cc1. The zero-order valence-corrected chi connectivity index (χ0v) is 11.5. The van der Waals surface area contributed by atoms with Crippen LogP contribution in [-0.2, 0) is 4.74 Å². The lowest BCUT2D eigenvalue weighted by molar-refractivity contribution is 0.0246. The highest BCUT2D eigenvalue weighted by molar-refractivity contribution is 7.99. The lowest BCUT2D eigenvalue weighted by Gasteiger charge is -2.32. The molecule has 1 atom stereocenters. The Morgan fingerprint density at radius 3 is 2.53 bits per heavy atom. The molecule has 0 aromatic heterocycles. The number of aryl methyl sites for hydroxylation is 1. The highest BCUT2D eigenvalue weighted by Gasteiger charge is 2.16. The zero-order valence-electron chi connectivity index (χ0n) is 10.7. The maximum Gasteiger partial charge on any atom is 0.0594 e. The van der Waals surface area contributed by atoms with Crippen LogP contribution in [-0.4, -0.2) is 43.0 Å². The summed E-state index contributed by atoms with van der Waals surface area (Å²) in [7, 11) is 0. The maximum atomic E-state index is 5.38. The van der Waals surface area contributed by atoms with Crippen LogP contribution in [0.15, 0.2) is 29.2 Å². The summed E-state index contributed by atoms with van der Waals surface area (Å²) in [4.78, 5) is 3.89. The van der Waals surface area contributed by atoms with Crippen LogP contribution < -0.4 is 0 Å². The number of benzene rings is 1. The van der Waals surface area contributed by atoms with E-state index in [1.807, 2.05) is 11.8 Å². The van der Waals surface area contributed by atoms with Gasteiger partial charge in [-0.3, -0.25) is 4.90 Å². The van der Waals surface area contributed by atoms with Crippen LogP contribution in [0.4, 0.5) is 0 Å². The molecule has 94 valence electrons. The van der Waals surface area contributed by atoms with Gasteiger partial charge in [-0.25, -0.2) is 0 Å². The number of thioether (sulfide) groups is 1. The molecule has 2 nitrogen and oxygen atoms in total. The molecule has 1 saturated heterocycles. The van der Waals surface area contributed by atoms with Gasteiger partial charge in [-0.15, -0.1) is 11.8 Å². The van der Waals surface area contributed by atoms with E-state index in [9.17, 15) is 0 Å². The third-order valence-electron chi connectivity index (χ3n) is 3.18. The summed E-state index contributed by atoms with van der Waals surface area (Å²) in [6.45, 7) is 8.38. The van der Waals surface area contributed by atoms with E-state index in [0.717, 1.165) is 32.1 Å². The van der Waals surface area contributed by atoms with Gasteiger partial charge in [-0.1, -0.05) is 17.7 Å². The monoisotopic (exact) mass is 251 g/mol. The summed E-state index contributed by atoms with van der Waals surface area (Å²) in [5.74, 6) is 1.16. The third kappa shape index (κ3) is 4.02. The molecule has 1 aromatic carbocycles. The van der Waals surface area contributed by atoms with E-state index < -0.39 is 0 Å². The zero-order chi connectivity index (χ0) is 12.1. The summed E-state index contributed by atoms with van der Waals surface area (Å²) < 4.78 is 5.38. The van der Waals surface area contributed by atoms with E-state index in [1.165, 1.54) is 10.5 Å². The van der Waals surface area contributed by atoms with E-state index in [-0.39, 0.29) is 0 Å². The Labute approximate surface area is 108 Å². The second-order valence-electron chi connectivity index (χ2n) is 4.62. The first-order valence-corrected chi connectivity index (χ1v) is 7.25. The normalized spacial score (nSPS) is 19.2. The molecule has 1 aliphatic heterocycles. The fourth-order valence-corrected chi connectivity index (χ4v) is 2.95. The number of hydrogen-bond donors (Lipinski definition) is 0. The van der Waals surface area contributed by atoms with E-state index in [1.54, 1.807) is 0 Å². The van der Waals surface area contributed by atoms with Crippen molar-refractivity contribution in [2.45, 2.75) is 24.8 Å². The molecule has 17 heavy (non-hydrogen) atoms. The van der Waals surface area contributed by atoms with Gasteiger partial charge in [0.15, 0.2) is 0 Å². The average molecular weight is 251 g/mol. The van der Waals surface area contributed by atoms with Crippen molar-refractivity contribution in [1.29, 1.82) is 0 Å². The van der Waals surface area contributed by atoms with E-state index in [2.05, 4.69) is 43.0 Å². The van der Waals surface area contributed by atoms with Crippen molar-refractivity contribution in [3.8, 4) is 0 Å². The van der Waals surface area contributed by atoms with Gasteiger partial charge in [0, 0.05) is 29.8 Å². The number of morpholine rings is 1. The summed E-state index contributed by atoms with van der Waals surface area (Å²) >= 11 is 1.95.